The van der Waals surface area contributed by atoms with Crippen molar-refractivity contribution in [1.82, 2.24) is 0 Å². The van der Waals surface area contributed by atoms with Gasteiger partial charge in [0.2, 0.25) is 0 Å². The van der Waals surface area contributed by atoms with E-state index in [0.29, 0.717) is 13.2 Å². The Hall–Kier alpha value is -1.84. The topological polar surface area (TPSA) is 46.1 Å². The Morgan fingerprint density at radius 1 is 1.05 bits per heavy atom. The normalized spacial score (nSPS) is 12.1. The van der Waals surface area contributed by atoms with E-state index in [0.717, 1.165) is 17.9 Å². The van der Waals surface area contributed by atoms with Gasteiger partial charge < -0.3 is 15.2 Å². The first-order valence-corrected chi connectivity index (χ1v) is 7.06. The van der Waals surface area contributed by atoms with E-state index < -0.39 is 6.10 Å². The minimum Gasteiger partial charge on any atom is -0.494 e. The maximum Gasteiger partial charge on any atom is 0.128 e. The van der Waals surface area contributed by atoms with E-state index in [1.54, 1.807) is 0 Å². The molecule has 3 N–H and O–H groups in total. The van der Waals surface area contributed by atoms with Crippen molar-refractivity contribution < 1.29 is 15.2 Å². The number of nitrogens with two attached hydrogens (primary N) is 1. The zero-order valence-corrected chi connectivity index (χ0v) is 11.8. The molecule has 0 aliphatic rings. The zero-order chi connectivity index (χ0) is 14.2. The standard InChI is InChI=1S/C17H21NO2/c1-2-20-16-10-8-14(9-11-16)12-18-13-17(19)15-6-4-3-5-7-15/h3-11,17-19H,2,12-13H2,1H3/p+1/t17-/m0/s1. The molecule has 0 aliphatic heterocycles. The Bertz CT molecular complexity index is 496. The molecule has 0 fully saturated rings. The van der Waals surface area contributed by atoms with Gasteiger partial charge in [0.15, 0.2) is 0 Å². The minimum absolute atomic E-state index is 0.418. The SMILES string of the molecule is CCOc1ccc(C[NH2+]C[C@H](O)c2ccccc2)cc1. The summed E-state index contributed by atoms with van der Waals surface area (Å²) in [4.78, 5) is 0. The third-order valence-electron chi connectivity index (χ3n) is 3.19. The quantitative estimate of drug-likeness (QED) is 0.808. The number of hydrogen-bond acceptors (Lipinski definition) is 2. The van der Waals surface area contributed by atoms with Gasteiger partial charge in [-0.25, -0.2) is 0 Å². The van der Waals surface area contributed by atoms with Gasteiger partial charge in [0.25, 0.3) is 0 Å². The summed E-state index contributed by atoms with van der Waals surface area (Å²) in [7, 11) is 0. The number of benzene rings is 2. The van der Waals surface area contributed by atoms with Gasteiger partial charge in [0.05, 0.1) is 6.61 Å². The highest BCUT2D eigenvalue weighted by molar-refractivity contribution is 5.26. The van der Waals surface area contributed by atoms with E-state index in [9.17, 15) is 5.11 Å². The molecular formula is C17H22NO2+. The molecule has 2 rings (SSSR count). The van der Waals surface area contributed by atoms with E-state index in [4.69, 9.17) is 4.74 Å². The summed E-state index contributed by atoms with van der Waals surface area (Å²) in [6.07, 6.45) is -0.418. The van der Waals surface area contributed by atoms with Crippen molar-refractivity contribution in [2.45, 2.75) is 19.6 Å². The fraction of sp³-hybridized carbons (Fsp3) is 0.294. The van der Waals surface area contributed by atoms with Crippen molar-refractivity contribution in [2.24, 2.45) is 0 Å². The lowest BCUT2D eigenvalue weighted by molar-refractivity contribution is -0.677. The predicted octanol–water partition coefficient (Wildman–Crippen LogP) is 1.88. The molecule has 0 saturated heterocycles. The van der Waals surface area contributed by atoms with Crippen LogP contribution < -0.4 is 10.1 Å². The Kier molecular flexibility index (Phi) is 5.59. The third kappa shape index (κ3) is 4.37. The number of quaternary nitrogens is 1. The first-order valence-electron chi connectivity index (χ1n) is 7.06. The number of ether oxygens (including phenoxy) is 1. The van der Waals surface area contributed by atoms with Gasteiger partial charge in [-0.15, -0.1) is 0 Å². The van der Waals surface area contributed by atoms with Crippen LogP contribution in [-0.2, 0) is 6.54 Å². The highest BCUT2D eigenvalue weighted by Crippen LogP contribution is 2.12. The molecule has 0 aromatic heterocycles. The maximum absolute atomic E-state index is 10.1. The van der Waals surface area contributed by atoms with Gasteiger partial charge in [-0.1, -0.05) is 30.3 Å². The monoisotopic (exact) mass is 272 g/mol. The molecule has 106 valence electrons. The lowest BCUT2D eigenvalue weighted by Crippen LogP contribution is -2.83. The molecule has 0 saturated carbocycles. The van der Waals surface area contributed by atoms with Gasteiger partial charge in [-0.05, 0) is 36.8 Å². The number of aliphatic hydroxyl groups excluding tert-OH is 1. The molecule has 0 spiro atoms. The van der Waals surface area contributed by atoms with E-state index in [1.165, 1.54) is 5.56 Å². The van der Waals surface area contributed by atoms with Crippen LogP contribution in [0.3, 0.4) is 0 Å². The van der Waals surface area contributed by atoms with Gasteiger partial charge in [0.1, 0.15) is 24.9 Å². The minimum atomic E-state index is -0.418. The summed E-state index contributed by atoms with van der Waals surface area (Å²) in [5.74, 6) is 0.903. The van der Waals surface area contributed by atoms with Crippen molar-refractivity contribution in [3.63, 3.8) is 0 Å². The number of hydrogen-bond donors (Lipinski definition) is 2. The second-order valence-electron chi connectivity index (χ2n) is 4.73. The van der Waals surface area contributed by atoms with Crippen LogP contribution in [0.2, 0.25) is 0 Å². The first-order chi connectivity index (χ1) is 9.79. The molecule has 20 heavy (non-hydrogen) atoms. The Balaban J connectivity index is 1.78. The second kappa shape index (κ2) is 7.68. The van der Waals surface area contributed by atoms with Crippen molar-refractivity contribution in [1.29, 1.82) is 0 Å². The Morgan fingerprint density at radius 2 is 1.75 bits per heavy atom. The molecule has 0 aliphatic carbocycles. The molecule has 0 radical (unpaired) electrons. The van der Waals surface area contributed by atoms with Gasteiger partial charge in [0, 0.05) is 5.56 Å². The molecule has 0 heterocycles. The van der Waals surface area contributed by atoms with Crippen LogP contribution in [0.5, 0.6) is 5.75 Å². The summed E-state index contributed by atoms with van der Waals surface area (Å²) in [6.45, 7) is 4.19. The van der Waals surface area contributed by atoms with Crippen LogP contribution >= 0.6 is 0 Å². The van der Waals surface area contributed by atoms with E-state index in [-0.39, 0.29) is 0 Å². The smallest absolute Gasteiger partial charge is 0.128 e. The maximum atomic E-state index is 10.1. The average molecular weight is 272 g/mol. The molecular weight excluding hydrogens is 250 g/mol. The van der Waals surface area contributed by atoms with Crippen molar-refractivity contribution in [2.75, 3.05) is 13.2 Å². The van der Waals surface area contributed by atoms with E-state index >= 15 is 0 Å². The molecule has 2 aromatic rings. The molecule has 2 aromatic carbocycles. The summed E-state index contributed by atoms with van der Waals surface area (Å²) in [6, 6.07) is 17.9. The first kappa shape index (κ1) is 14.6. The van der Waals surface area contributed by atoms with Gasteiger partial charge in [-0.3, -0.25) is 0 Å². The molecule has 0 bridgehead atoms. The van der Waals surface area contributed by atoms with Gasteiger partial charge in [-0.2, -0.15) is 0 Å². The molecule has 0 unspecified atom stereocenters. The fourth-order valence-corrected chi connectivity index (χ4v) is 2.11. The van der Waals surface area contributed by atoms with E-state index in [2.05, 4.69) is 17.4 Å². The van der Waals surface area contributed by atoms with E-state index in [1.807, 2.05) is 49.4 Å². The molecule has 1 atom stereocenters. The third-order valence-corrected chi connectivity index (χ3v) is 3.19. The largest absolute Gasteiger partial charge is 0.494 e. The Morgan fingerprint density at radius 3 is 2.40 bits per heavy atom. The Labute approximate surface area is 120 Å². The van der Waals surface area contributed by atoms with Crippen LogP contribution in [0.25, 0.3) is 0 Å². The van der Waals surface area contributed by atoms with Crippen LogP contribution in [0.4, 0.5) is 0 Å². The van der Waals surface area contributed by atoms with Crippen LogP contribution in [0.1, 0.15) is 24.2 Å². The molecule has 3 nitrogen and oxygen atoms in total. The number of rotatable bonds is 7. The van der Waals surface area contributed by atoms with Crippen molar-refractivity contribution in [3.05, 3.63) is 65.7 Å². The second-order valence-corrected chi connectivity index (χ2v) is 4.73. The predicted molar refractivity (Wildman–Crippen MR) is 79.5 cm³/mol. The highest BCUT2D eigenvalue weighted by Gasteiger charge is 2.08. The lowest BCUT2D eigenvalue weighted by atomic mass is 10.1. The summed E-state index contributed by atoms with van der Waals surface area (Å²) >= 11 is 0. The summed E-state index contributed by atoms with van der Waals surface area (Å²) < 4.78 is 5.41. The molecule has 3 heteroatoms. The van der Waals surface area contributed by atoms with Crippen LogP contribution in [0, 0.1) is 0 Å². The van der Waals surface area contributed by atoms with Crippen LogP contribution in [0.15, 0.2) is 54.6 Å². The zero-order valence-electron chi connectivity index (χ0n) is 11.8. The van der Waals surface area contributed by atoms with Crippen molar-refractivity contribution in [3.8, 4) is 5.75 Å². The highest BCUT2D eigenvalue weighted by atomic mass is 16.5. The van der Waals surface area contributed by atoms with Crippen LogP contribution in [-0.4, -0.2) is 18.3 Å². The molecule has 0 amide bonds. The lowest BCUT2D eigenvalue weighted by Gasteiger charge is -2.10. The number of aliphatic hydroxyl groups is 1. The van der Waals surface area contributed by atoms with Gasteiger partial charge >= 0.3 is 0 Å². The van der Waals surface area contributed by atoms with Crippen molar-refractivity contribution >= 4 is 0 Å². The summed E-state index contributed by atoms with van der Waals surface area (Å²) in [5.41, 5.74) is 2.20. The average Bonchev–Trinajstić information content (AvgIpc) is 2.50. The summed E-state index contributed by atoms with van der Waals surface area (Å²) in [5, 5.41) is 12.2. The fourth-order valence-electron chi connectivity index (χ4n) is 2.11.